The molecule has 0 spiro atoms. The van der Waals surface area contributed by atoms with Crippen LogP contribution in [-0.2, 0) is 4.74 Å². The Labute approximate surface area is 68.9 Å². The van der Waals surface area contributed by atoms with Gasteiger partial charge in [-0.2, -0.15) is 0 Å². The summed E-state index contributed by atoms with van der Waals surface area (Å²) in [6.45, 7) is 10.1. The molecule has 0 aromatic heterocycles. The van der Waals surface area contributed by atoms with Gasteiger partial charge < -0.3 is 9.84 Å². The van der Waals surface area contributed by atoms with Crippen LogP contribution in [-0.4, -0.2) is 23.9 Å². The van der Waals surface area contributed by atoms with Crippen molar-refractivity contribution in [3.05, 3.63) is 12.2 Å². The molecule has 0 bridgehead atoms. The molecular weight excluding hydrogens is 140 g/mol. The molecule has 0 saturated heterocycles. The number of aliphatic hydroxyl groups is 1. The van der Waals surface area contributed by atoms with Crippen molar-refractivity contribution in [3.63, 3.8) is 0 Å². The number of hydrogen-bond acceptors (Lipinski definition) is 2. The summed E-state index contributed by atoms with van der Waals surface area (Å²) in [4.78, 5) is 0. The van der Waals surface area contributed by atoms with E-state index in [1.165, 1.54) is 0 Å². The van der Waals surface area contributed by atoms with Gasteiger partial charge in [0.1, 0.15) is 0 Å². The molecular formula is C9H18O2. The summed E-state index contributed by atoms with van der Waals surface area (Å²) >= 11 is 0. The van der Waals surface area contributed by atoms with Gasteiger partial charge in [0, 0.05) is 6.61 Å². The number of aliphatic hydroxyl groups excluding tert-OH is 1. The van der Waals surface area contributed by atoms with E-state index in [2.05, 4.69) is 6.58 Å². The predicted molar refractivity (Wildman–Crippen MR) is 46.5 cm³/mol. The van der Waals surface area contributed by atoms with Crippen LogP contribution in [0.1, 0.15) is 27.2 Å². The zero-order valence-corrected chi connectivity index (χ0v) is 7.63. The molecule has 0 aliphatic rings. The van der Waals surface area contributed by atoms with Gasteiger partial charge in [-0.3, -0.25) is 0 Å². The molecule has 0 aliphatic heterocycles. The summed E-state index contributed by atoms with van der Waals surface area (Å²) in [6.07, 6.45) is 0.130. The van der Waals surface area contributed by atoms with Crippen molar-refractivity contribution in [2.45, 2.75) is 39.4 Å². The summed E-state index contributed by atoms with van der Waals surface area (Å²) < 4.78 is 5.21. The van der Waals surface area contributed by atoms with Gasteiger partial charge in [0.2, 0.25) is 0 Å². The van der Waals surface area contributed by atoms with Crippen LogP contribution < -0.4 is 0 Å². The molecule has 0 aliphatic carbocycles. The first-order valence-corrected chi connectivity index (χ1v) is 4.02. The summed E-state index contributed by atoms with van der Waals surface area (Å²) in [5, 5.41) is 9.43. The Balaban J connectivity index is 3.63. The zero-order valence-electron chi connectivity index (χ0n) is 7.63. The Morgan fingerprint density at radius 2 is 2.18 bits per heavy atom. The Morgan fingerprint density at radius 1 is 1.64 bits per heavy atom. The van der Waals surface area contributed by atoms with Gasteiger partial charge in [-0.25, -0.2) is 0 Å². The normalized spacial score (nSPS) is 16.0. The lowest BCUT2D eigenvalue weighted by molar-refractivity contribution is -0.0207. The van der Waals surface area contributed by atoms with Gasteiger partial charge in [-0.05, 0) is 27.2 Å². The fourth-order valence-electron chi connectivity index (χ4n) is 0.897. The van der Waals surface area contributed by atoms with E-state index in [4.69, 9.17) is 4.74 Å². The van der Waals surface area contributed by atoms with E-state index in [-0.39, 0.29) is 6.10 Å². The van der Waals surface area contributed by atoms with Crippen LogP contribution in [0, 0.1) is 0 Å². The molecule has 2 atom stereocenters. The summed E-state index contributed by atoms with van der Waals surface area (Å²) in [5.41, 5.74) is 0.990. The third-order valence-corrected chi connectivity index (χ3v) is 1.53. The zero-order chi connectivity index (χ0) is 8.85. The molecule has 0 aromatic carbocycles. The molecule has 0 aromatic rings. The summed E-state index contributed by atoms with van der Waals surface area (Å²) in [7, 11) is 0. The highest BCUT2D eigenvalue weighted by Crippen LogP contribution is 2.08. The number of hydrogen-bond donors (Lipinski definition) is 1. The molecule has 0 rings (SSSR count). The van der Waals surface area contributed by atoms with Crippen LogP contribution in [0.25, 0.3) is 0 Å². The smallest absolute Gasteiger partial charge is 0.0835 e. The molecule has 0 radical (unpaired) electrons. The molecule has 2 unspecified atom stereocenters. The standard InChI is InChI=1S/C9H18O2/c1-5-11-8(4)9(10)6-7(2)3/h8-10H,2,5-6H2,1,3-4H3. The van der Waals surface area contributed by atoms with E-state index < -0.39 is 6.10 Å². The molecule has 2 heteroatoms. The molecule has 0 amide bonds. The lowest BCUT2D eigenvalue weighted by Crippen LogP contribution is -2.26. The summed E-state index contributed by atoms with van der Waals surface area (Å²) in [6, 6.07) is 0. The van der Waals surface area contributed by atoms with Crippen molar-refractivity contribution in [3.8, 4) is 0 Å². The third kappa shape index (κ3) is 4.99. The van der Waals surface area contributed by atoms with Gasteiger partial charge >= 0.3 is 0 Å². The van der Waals surface area contributed by atoms with E-state index in [1.54, 1.807) is 0 Å². The van der Waals surface area contributed by atoms with Crippen molar-refractivity contribution >= 4 is 0 Å². The minimum atomic E-state index is -0.410. The quantitative estimate of drug-likeness (QED) is 0.617. The first-order valence-electron chi connectivity index (χ1n) is 4.02. The fraction of sp³-hybridized carbons (Fsp3) is 0.778. The monoisotopic (exact) mass is 158 g/mol. The van der Waals surface area contributed by atoms with E-state index >= 15 is 0 Å². The predicted octanol–water partition coefficient (Wildman–Crippen LogP) is 1.74. The Hall–Kier alpha value is -0.340. The SMILES string of the molecule is C=C(C)CC(O)C(C)OCC. The number of ether oxygens (including phenoxy) is 1. The minimum absolute atomic E-state index is 0.0864. The van der Waals surface area contributed by atoms with E-state index in [9.17, 15) is 5.11 Å². The molecule has 2 nitrogen and oxygen atoms in total. The van der Waals surface area contributed by atoms with Crippen LogP contribution in [0.2, 0.25) is 0 Å². The summed E-state index contributed by atoms with van der Waals surface area (Å²) in [5.74, 6) is 0. The highest BCUT2D eigenvalue weighted by molar-refractivity contribution is 4.91. The van der Waals surface area contributed by atoms with Crippen LogP contribution >= 0.6 is 0 Å². The van der Waals surface area contributed by atoms with E-state index in [0.717, 1.165) is 5.57 Å². The highest BCUT2D eigenvalue weighted by atomic mass is 16.5. The van der Waals surface area contributed by atoms with Crippen LogP contribution in [0.4, 0.5) is 0 Å². The van der Waals surface area contributed by atoms with Crippen molar-refractivity contribution in [1.29, 1.82) is 0 Å². The van der Waals surface area contributed by atoms with E-state index in [1.807, 2.05) is 20.8 Å². The number of rotatable bonds is 5. The van der Waals surface area contributed by atoms with Gasteiger partial charge in [-0.1, -0.05) is 5.57 Å². The van der Waals surface area contributed by atoms with Crippen molar-refractivity contribution in [2.24, 2.45) is 0 Å². The second kappa shape index (κ2) is 5.33. The molecule has 0 fully saturated rings. The van der Waals surface area contributed by atoms with Gasteiger partial charge in [0.05, 0.1) is 12.2 Å². The molecule has 0 saturated carbocycles. The largest absolute Gasteiger partial charge is 0.390 e. The van der Waals surface area contributed by atoms with Crippen molar-refractivity contribution in [2.75, 3.05) is 6.61 Å². The molecule has 0 heterocycles. The van der Waals surface area contributed by atoms with E-state index in [0.29, 0.717) is 13.0 Å². The van der Waals surface area contributed by atoms with Crippen molar-refractivity contribution < 1.29 is 9.84 Å². The molecule has 1 N–H and O–H groups in total. The second-order valence-electron chi connectivity index (χ2n) is 2.89. The average Bonchev–Trinajstić information content (AvgIpc) is 1.86. The molecule has 11 heavy (non-hydrogen) atoms. The first-order chi connectivity index (χ1) is 5.07. The van der Waals surface area contributed by atoms with Gasteiger partial charge in [0.15, 0.2) is 0 Å². The Bertz CT molecular complexity index is 121. The lowest BCUT2D eigenvalue weighted by Gasteiger charge is -2.18. The molecule has 66 valence electrons. The topological polar surface area (TPSA) is 29.5 Å². The van der Waals surface area contributed by atoms with Crippen molar-refractivity contribution in [1.82, 2.24) is 0 Å². The van der Waals surface area contributed by atoms with Crippen LogP contribution in [0.3, 0.4) is 0 Å². The maximum atomic E-state index is 9.43. The van der Waals surface area contributed by atoms with Gasteiger partial charge in [0.25, 0.3) is 0 Å². The van der Waals surface area contributed by atoms with Crippen LogP contribution in [0.15, 0.2) is 12.2 Å². The van der Waals surface area contributed by atoms with Crippen LogP contribution in [0.5, 0.6) is 0 Å². The second-order valence-corrected chi connectivity index (χ2v) is 2.89. The maximum Gasteiger partial charge on any atom is 0.0835 e. The first kappa shape index (κ1) is 10.7. The maximum absolute atomic E-state index is 9.43. The van der Waals surface area contributed by atoms with Gasteiger partial charge in [-0.15, -0.1) is 6.58 Å². The lowest BCUT2D eigenvalue weighted by atomic mass is 10.1. The third-order valence-electron chi connectivity index (χ3n) is 1.53. The Morgan fingerprint density at radius 3 is 2.55 bits per heavy atom. The average molecular weight is 158 g/mol. The minimum Gasteiger partial charge on any atom is -0.390 e. The highest BCUT2D eigenvalue weighted by Gasteiger charge is 2.13. The fourth-order valence-corrected chi connectivity index (χ4v) is 0.897. The Kier molecular flexibility index (Phi) is 5.16.